The van der Waals surface area contributed by atoms with Gasteiger partial charge in [-0.2, -0.15) is 0 Å². The van der Waals surface area contributed by atoms with Crippen molar-refractivity contribution in [3.63, 3.8) is 0 Å². The molecule has 1 aliphatic rings. The number of hydrogen-bond donors (Lipinski definition) is 0. The summed E-state index contributed by atoms with van der Waals surface area (Å²) >= 11 is 0. The summed E-state index contributed by atoms with van der Waals surface area (Å²) in [7, 11) is 0. The second kappa shape index (κ2) is 14.1. The highest BCUT2D eigenvalue weighted by Crippen LogP contribution is 2.49. The van der Waals surface area contributed by atoms with Crippen molar-refractivity contribution in [3.05, 3.63) is 211 Å². The topological polar surface area (TPSA) is 51.8 Å². The first-order valence-electron chi connectivity index (χ1n) is 21.2. The minimum atomic E-state index is -0.0891. The van der Waals surface area contributed by atoms with Gasteiger partial charge in [-0.3, -0.25) is 0 Å². The zero-order valence-corrected chi connectivity index (χ0v) is 34.3. The summed E-state index contributed by atoms with van der Waals surface area (Å²) in [4.78, 5) is 15.6. The van der Waals surface area contributed by atoms with Gasteiger partial charge in [0.1, 0.15) is 11.2 Å². The monoisotopic (exact) mass is 793 g/mol. The Morgan fingerprint density at radius 2 is 0.887 bits per heavy atom. The van der Waals surface area contributed by atoms with E-state index in [4.69, 9.17) is 19.4 Å². The number of rotatable bonds is 6. The van der Waals surface area contributed by atoms with Gasteiger partial charge in [-0.15, -0.1) is 0 Å². The Bertz CT molecular complexity index is 3550. The fraction of sp³-hybridized carbons (Fsp3) is 0.0517. The van der Waals surface area contributed by atoms with Crippen molar-refractivity contribution < 1.29 is 4.42 Å². The van der Waals surface area contributed by atoms with Crippen LogP contribution in [0.4, 0.5) is 0 Å². The van der Waals surface area contributed by atoms with Crippen molar-refractivity contribution in [2.24, 2.45) is 0 Å². The average molecular weight is 794 g/mol. The second-order valence-corrected chi connectivity index (χ2v) is 16.8. The van der Waals surface area contributed by atoms with E-state index in [2.05, 4.69) is 208 Å². The molecule has 0 saturated carbocycles. The summed E-state index contributed by atoms with van der Waals surface area (Å²) in [6.45, 7) is 4.61. The molecule has 11 aromatic rings. The highest BCUT2D eigenvalue weighted by atomic mass is 16.3. The number of aromatic nitrogens is 3. The van der Waals surface area contributed by atoms with Crippen LogP contribution in [0.2, 0.25) is 0 Å². The quantitative estimate of drug-likeness (QED) is 0.168. The van der Waals surface area contributed by atoms with E-state index < -0.39 is 0 Å². The van der Waals surface area contributed by atoms with Crippen LogP contribution in [0.1, 0.15) is 25.0 Å². The molecule has 9 aromatic carbocycles. The van der Waals surface area contributed by atoms with Crippen LogP contribution in [-0.2, 0) is 5.41 Å². The predicted octanol–water partition coefficient (Wildman–Crippen LogP) is 15.2. The zero-order chi connectivity index (χ0) is 41.4. The van der Waals surface area contributed by atoms with E-state index in [1.165, 1.54) is 38.8 Å². The summed E-state index contributed by atoms with van der Waals surface area (Å²) in [5.41, 5.74) is 16.4. The minimum Gasteiger partial charge on any atom is -0.456 e. The Labute approximate surface area is 359 Å². The van der Waals surface area contributed by atoms with Gasteiger partial charge in [0.2, 0.25) is 0 Å². The van der Waals surface area contributed by atoms with Crippen molar-refractivity contribution in [1.29, 1.82) is 0 Å². The highest BCUT2D eigenvalue weighted by Gasteiger charge is 2.35. The van der Waals surface area contributed by atoms with Crippen LogP contribution in [-0.4, -0.2) is 15.0 Å². The van der Waals surface area contributed by atoms with Gasteiger partial charge in [-0.25, -0.2) is 15.0 Å². The molecule has 0 bridgehead atoms. The van der Waals surface area contributed by atoms with Gasteiger partial charge in [0, 0.05) is 32.9 Å². The Morgan fingerprint density at radius 1 is 0.339 bits per heavy atom. The molecule has 0 amide bonds. The molecule has 2 heterocycles. The smallest absolute Gasteiger partial charge is 0.164 e. The van der Waals surface area contributed by atoms with Crippen molar-refractivity contribution >= 4 is 32.7 Å². The third kappa shape index (κ3) is 5.95. The molecular formula is C58H39N3O. The molecule has 292 valence electrons. The van der Waals surface area contributed by atoms with Gasteiger partial charge >= 0.3 is 0 Å². The summed E-state index contributed by atoms with van der Waals surface area (Å²) in [6.07, 6.45) is 0. The maximum absolute atomic E-state index is 6.58. The van der Waals surface area contributed by atoms with Crippen molar-refractivity contribution in [1.82, 2.24) is 15.0 Å². The number of furan rings is 1. The van der Waals surface area contributed by atoms with Crippen LogP contribution in [0, 0.1) is 0 Å². The molecule has 0 aliphatic heterocycles. The number of benzene rings is 9. The summed E-state index contributed by atoms with van der Waals surface area (Å²) in [5, 5.41) is 4.52. The van der Waals surface area contributed by atoms with Gasteiger partial charge in [-0.05, 0) is 103 Å². The lowest BCUT2D eigenvalue weighted by atomic mass is 9.82. The number of nitrogens with zero attached hydrogens (tertiary/aromatic N) is 3. The maximum atomic E-state index is 6.58. The fourth-order valence-corrected chi connectivity index (χ4v) is 9.51. The molecule has 0 spiro atoms. The molecule has 12 rings (SSSR count). The summed E-state index contributed by atoms with van der Waals surface area (Å²) in [6, 6.07) is 70.9. The van der Waals surface area contributed by atoms with Crippen molar-refractivity contribution in [2.75, 3.05) is 0 Å². The van der Waals surface area contributed by atoms with E-state index >= 15 is 0 Å². The molecule has 0 fully saturated rings. The van der Waals surface area contributed by atoms with Gasteiger partial charge in [-0.1, -0.05) is 178 Å². The number of fused-ring (bicyclic) bond motifs is 7. The molecule has 0 N–H and O–H groups in total. The first-order chi connectivity index (χ1) is 30.4. The van der Waals surface area contributed by atoms with Crippen molar-refractivity contribution in [2.45, 2.75) is 19.3 Å². The van der Waals surface area contributed by atoms with Gasteiger partial charge in [0.15, 0.2) is 17.5 Å². The van der Waals surface area contributed by atoms with E-state index in [1.54, 1.807) is 0 Å². The standard InChI is InChI=1S/C58H39N3O/c1-58(2)50-20-9-8-18-47(50)49-34-45(29-31-51(49)58)57-60-55(59-56(61-57)44-27-24-37-14-6-7-15-40(37)32-44)43-17-10-16-41(33-43)42-28-30-48-53(35-42)62-52-21-11-19-46(54(48)52)39-25-22-38(23-26-39)36-12-4-3-5-13-36/h3-35H,1-2H3. The summed E-state index contributed by atoms with van der Waals surface area (Å²) < 4.78 is 6.58. The Kier molecular flexibility index (Phi) is 8.16. The SMILES string of the molecule is CC1(C)c2ccccc2-c2cc(-c3nc(-c4cccc(-c5ccc6c(c5)oc5cccc(-c7ccc(-c8ccccc8)cc7)c56)c4)nc(-c4ccc5ccccc5c4)n3)ccc21. The van der Waals surface area contributed by atoms with Crippen LogP contribution < -0.4 is 0 Å². The molecule has 1 aliphatic carbocycles. The molecule has 0 saturated heterocycles. The van der Waals surface area contributed by atoms with Gasteiger partial charge in [0.05, 0.1) is 0 Å². The lowest BCUT2D eigenvalue weighted by Crippen LogP contribution is -2.14. The molecule has 4 nitrogen and oxygen atoms in total. The van der Waals surface area contributed by atoms with Gasteiger partial charge < -0.3 is 4.42 Å². The van der Waals surface area contributed by atoms with Crippen LogP contribution in [0.5, 0.6) is 0 Å². The molecule has 4 heteroatoms. The fourth-order valence-electron chi connectivity index (χ4n) is 9.51. The van der Waals surface area contributed by atoms with E-state index in [9.17, 15) is 0 Å². The summed E-state index contributed by atoms with van der Waals surface area (Å²) in [5.74, 6) is 1.90. The Morgan fingerprint density at radius 3 is 1.71 bits per heavy atom. The van der Waals surface area contributed by atoms with Crippen molar-refractivity contribution in [3.8, 4) is 78.7 Å². The molecule has 0 atom stereocenters. The van der Waals surface area contributed by atoms with E-state index in [0.29, 0.717) is 17.5 Å². The van der Waals surface area contributed by atoms with Crippen LogP contribution in [0.15, 0.2) is 205 Å². The van der Waals surface area contributed by atoms with E-state index in [1.807, 2.05) is 6.07 Å². The Hall–Kier alpha value is -7.95. The molecule has 0 radical (unpaired) electrons. The lowest BCUT2D eigenvalue weighted by Gasteiger charge is -2.21. The molecule has 2 aromatic heterocycles. The highest BCUT2D eigenvalue weighted by molar-refractivity contribution is 6.13. The maximum Gasteiger partial charge on any atom is 0.164 e. The van der Waals surface area contributed by atoms with Crippen LogP contribution in [0.25, 0.3) is 111 Å². The molecule has 0 unspecified atom stereocenters. The lowest BCUT2D eigenvalue weighted by molar-refractivity contribution is 0.660. The normalized spacial score (nSPS) is 12.8. The third-order valence-electron chi connectivity index (χ3n) is 12.7. The minimum absolute atomic E-state index is 0.0891. The van der Waals surface area contributed by atoms with Gasteiger partial charge in [0.25, 0.3) is 0 Å². The number of hydrogen-bond acceptors (Lipinski definition) is 4. The Balaban J connectivity index is 0.947. The van der Waals surface area contributed by atoms with E-state index in [-0.39, 0.29) is 5.41 Å². The van der Waals surface area contributed by atoms with Crippen LogP contribution >= 0.6 is 0 Å². The zero-order valence-electron chi connectivity index (χ0n) is 34.3. The first kappa shape index (κ1) is 35.9. The average Bonchev–Trinajstić information content (AvgIpc) is 3.82. The predicted molar refractivity (Wildman–Crippen MR) is 255 cm³/mol. The molecular weight excluding hydrogens is 755 g/mol. The van der Waals surface area contributed by atoms with Crippen LogP contribution in [0.3, 0.4) is 0 Å². The largest absolute Gasteiger partial charge is 0.456 e. The van der Waals surface area contributed by atoms with E-state index in [0.717, 1.165) is 66.3 Å². The molecule has 62 heavy (non-hydrogen) atoms. The third-order valence-corrected chi connectivity index (χ3v) is 12.7. The first-order valence-corrected chi connectivity index (χ1v) is 21.2. The second-order valence-electron chi connectivity index (χ2n) is 16.8.